The second-order valence-corrected chi connectivity index (χ2v) is 6.58. The number of rotatable bonds is 6. The average molecular weight is 391 g/mol. The second kappa shape index (κ2) is 8.76. The zero-order valence-electron chi connectivity index (χ0n) is 13.7. The molecule has 24 heavy (non-hydrogen) atoms. The molecule has 3 nitrogen and oxygen atoms in total. The molecule has 0 aliphatic rings. The standard InChI is InChI=1S/C19H20BrFN2O/c1-23(2)18(15-6-4-8-17(21)12-15)13-22-19(24)10-9-14-5-3-7-16(20)11-14/h3-12,18H,13H2,1-2H3,(H,22,24)/b10-9+. The Labute approximate surface area is 150 Å². The van der Waals surface area contributed by atoms with E-state index in [0.717, 1.165) is 15.6 Å². The molecule has 0 saturated carbocycles. The van der Waals surface area contributed by atoms with E-state index < -0.39 is 0 Å². The van der Waals surface area contributed by atoms with Crippen molar-refractivity contribution in [2.75, 3.05) is 20.6 Å². The van der Waals surface area contributed by atoms with Crippen molar-refractivity contribution in [1.82, 2.24) is 10.2 Å². The first-order valence-corrected chi connectivity index (χ1v) is 8.38. The molecule has 0 bridgehead atoms. The molecule has 0 spiro atoms. The van der Waals surface area contributed by atoms with Crippen molar-refractivity contribution in [2.45, 2.75) is 6.04 Å². The van der Waals surface area contributed by atoms with Gasteiger partial charge in [0.15, 0.2) is 0 Å². The maximum Gasteiger partial charge on any atom is 0.244 e. The molecule has 1 unspecified atom stereocenters. The summed E-state index contributed by atoms with van der Waals surface area (Å²) >= 11 is 3.40. The first-order valence-electron chi connectivity index (χ1n) is 7.59. The lowest BCUT2D eigenvalue weighted by Crippen LogP contribution is -2.33. The van der Waals surface area contributed by atoms with E-state index in [2.05, 4.69) is 21.2 Å². The summed E-state index contributed by atoms with van der Waals surface area (Å²) in [4.78, 5) is 14.0. The van der Waals surface area contributed by atoms with Crippen LogP contribution < -0.4 is 5.32 Å². The van der Waals surface area contributed by atoms with E-state index in [9.17, 15) is 9.18 Å². The smallest absolute Gasteiger partial charge is 0.244 e. The van der Waals surface area contributed by atoms with Crippen LogP contribution in [0, 0.1) is 5.82 Å². The third kappa shape index (κ3) is 5.58. The fraction of sp³-hybridized carbons (Fsp3) is 0.211. The van der Waals surface area contributed by atoms with Crippen molar-refractivity contribution in [3.05, 3.63) is 76.0 Å². The number of hydrogen-bond donors (Lipinski definition) is 1. The fourth-order valence-electron chi connectivity index (χ4n) is 2.35. The molecule has 0 heterocycles. The topological polar surface area (TPSA) is 32.3 Å². The van der Waals surface area contributed by atoms with Crippen molar-refractivity contribution in [1.29, 1.82) is 0 Å². The van der Waals surface area contributed by atoms with E-state index in [1.165, 1.54) is 18.2 Å². The Bertz CT molecular complexity index is 731. The van der Waals surface area contributed by atoms with E-state index in [0.29, 0.717) is 6.54 Å². The van der Waals surface area contributed by atoms with Gasteiger partial charge in [-0.3, -0.25) is 4.79 Å². The van der Waals surface area contributed by atoms with Gasteiger partial charge in [0.2, 0.25) is 5.91 Å². The number of hydrogen-bond acceptors (Lipinski definition) is 2. The summed E-state index contributed by atoms with van der Waals surface area (Å²) in [5, 5.41) is 2.87. The lowest BCUT2D eigenvalue weighted by atomic mass is 10.1. The molecule has 0 saturated heterocycles. The van der Waals surface area contributed by atoms with Crippen LogP contribution in [0.15, 0.2) is 59.1 Å². The maximum absolute atomic E-state index is 13.4. The van der Waals surface area contributed by atoms with Crippen LogP contribution in [0.25, 0.3) is 6.08 Å². The minimum absolute atomic E-state index is 0.0936. The number of nitrogens with one attached hydrogen (secondary N) is 1. The first-order chi connectivity index (χ1) is 11.5. The number of benzene rings is 2. The highest BCUT2D eigenvalue weighted by Crippen LogP contribution is 2.18. The largest absolute Gasteiger partial charge is 0.351 e. The van der Waals surface area contributed by atoms with Crippen LogP contribution in [0.4, 0.5) is 4.39 Å². The summed E-state index contributed by atoms with van der Waals surface area (Å²) < 4.78 is 14.4. The quantitative estimate of drug-likeness (QED) is 0.755. The number of carbonyl (C=O) groups is 1. The first kappa shape index (κ1) is 18.4. The third-order valence-electron chi connectivity index (χ3n) is 3.60. The Hall–Kier alpha value is -1.98. The Kier molecular flexibility index (Phi) is 6.70. The van der Waals surface area contributed by atoms with Crippen molar-refractivity contribution in [2.24, 2.45) is 0 Å². The van der Waals surface area contributed by atoms with Gasteiger partial charge in [-0.15, -0.1) is 0 Å². The Morgan fingerprint density at radius 2 is 2.00 bits per heavy atom. The van der Waals surface area contributed by atoms with E-state index in [1.54, 1.807) is 12.1 Å². The average Bonchev–Trinajstić information content (AvgIpc) is 2.53. The number of nitrogens with zero attached hydrogens (tertiary/aromatic N) is 1. The minimum atomic E-state index is -0.278. The van der Waals surface area contributed by atoms with Gasteiger partial charge in [0.05, 0.1) is 6.04 Å². The van der Waals surface area contributed by atoms with E-state index in [-0.39, 0.29) is 17.8 Å². The van der Waals surface area contributed by atoms with Gasteiger partial charge in [0, 0.05) is 17.1 Å². The lowest BCUT2D eigenvalue weighted by Gasteiger charge is -2.24. The lowest BCUT2D eigenvalue weighted by molar-refractivity contribution is -0.116. The molecule has 0 aliphatic heterocycles. The SMILES string of the molecule is CN(C)C(CNC(=O)/C=C/c1cccc(Br)c1)c1cccc(F)c1. The van der Waals surface area contributed by atoms with Crippen molar-refractivity contribution >= 4 is 27.9 Å². The molecule has 126 valence electrons. The van der Waals surface area contributed by atoms with Gasteiger partial charge < -0.3 is 10.2 Å². The number of amides is 1. The van der Waals surface area contributed by atoms with E-state index in [4.69, 9.17) is 0 Å². The molecule has 1 atom stereocenters. The Morgan fingerprint density at radius 1 is 1.25 bits per heavy atom. The van der Waals surface area contributed by atoms with Gasteiger partial charge in [-0.05, 0) is 55.6 Å². The van der Waals surface area contributed by atoms with Crippen LogP contribution in [0.5, 0.6) is 0 Å². The van der Waals surface area contributed by atoms with Crippen LogP contribution >= 0.6 is 15.9 Å². The molecule has 2 aromatic carbocycles. The monoisotopic (exact) mass is 390 g/mol. The van der Waals surface area contributed by atoms with Gasteiger partial charge in [-0.25, -0.2) is 4.39 Å². The molecular formula is C19H20BrFN2O. The minimum Gasteiger partial charge on any atom is -0.351 e. The third-order valence-corrected chi connectivity index (χ3v) is 4.10. The molecule has 0 aromatic heterocycles. The van der Waals surface area contributed by atoms with Crippen molar-refractivity contribution < 1.29 is 9.18 Å². The van der Waals surface area contributed by atoms with Crippen LogP contribution in [0.2, 0.25) is 0 Å². The molecule has 1 N–H and O–H groups in total. The highest BCUT2D eigenvalue weighted by molar-refractivity contribution is 9.10. The van der Waals surface area contributed by atoms with Crippen LogP contribution in [-0.4, -0.2) is 31.4 Å². The molecule has 1 amide bonds. The predicted octanol–water partition coefficient (Wildman–Crippen LogP) is 4.02. The van der Waals surface area contributed by atoms with E-state index >= 15 is 0 Å². The molecule has 0 radical (unpaired) electrons. The van der Waals surface area contributed by atoms with Gasteiger partial charge in [-0.1, -0.05) is 40.2 Å². The zero-order valence-corrected chi connectivity index (χ0v) is 15.3. The van der Waals surface area contributed by atoms with Crippen LogP contribution in [0.1, 0.15) is 17.2 Å². The summed E-state index contributed by atoms with van der Waals surface area (Å²) in [5.74, 6) is -0.460. The van der Waals surface area contributed by atoms with Crippen LogP contribution in [0.3, 0.4) is 0 Å². The highest BCUT2D eigenvalue weighted by Gasteiger charge is 2.15. The van der Waals surface area contributed by atoms with Crippen molar-refractivity contribution in [3.8, 4) is 0 Å². The molecular weight excluding hydrogens is 371 g/mol. The number of likely N-dealkylation sites (N-methyl/N-ethyl adjacent to an activating group) is 1. The molecule has 0 fully saturated rings. The normalized spacial score (nSPS) is 12.5. The number of halogens is 2. The van der Waals surface area contributed by atoms with Gasteiger partial charge in [0.1, 0.15) is 5.82 Å². The summed E-state index contributed by atoms with van der Waals surface area (Å²) in [5.41, 5.74) is 1.77. The molecule has 0 aliphatic carbocycles. The zero-order chi connectivity index (χ0) is 17.5. The van der Waals surface area contributed by atoms with Gasteiger partial charge in [-0.2, -0.15) is 0 Å². The highest BCUT2D eigenvalue weighted by atomic mass is 79.9. The van der Waals surface area contributed by atoms with Crippen LogP contribution in [-0.2, 0) is 4.79 Å². The molecule has 2 aromatic rings. The van der Waals surface area contributed by atoms with Gasteiger partial charge in [0.25, 0.3) is 0 Å². The fourth-order valence-corrected chi connectivity index (χ4v) is 2.77. The summed E-state index contributed by atoms with van der Waals surface area (Å²) in [6, 6.07) is 14.0. The maximum atomic E-state index is 13.4. The predicted molar refractivity (Wildman–Crippen MR) is 99.0 cm³/mol. The Morgan fingerprint density at radius 3 is 2.67 bits per heavy atom. The molecule has 2 rings (SSSR count). The second-order valence-electron chi connectivity index (χ2n) is 5.67. The summed E-state index contributed by atoms with van der Waals surface area (Å²) in [7, 11) is 3.80. The summed E-state index contributed by atoms with van der Waals surface area (Å²) in [6.45, 7) is 0.401. The molecule has 5 heteroatoms. The number of carbonyl (C=O) groups excluding carboxylic acids is 1. The summed E-state index contributed by atoms with van der Waals surface area (Å²) in [6.07, 6.45) is 3.26. The van der Waals surface area contributed by atoms with Gasteiger partial charge >= 0.3 is 0 Å². The Balaban J connectivity index is 1.98. The van der Waals surface area contributed by atoms with Crippen molar-refractivity contribution in [3.63, 3.8) is 0 Å². The van der Waals surface area contributed by atoms with E-state index in [1.807, 2.05) is 49.3 Å².